The summed E-state index contributed by atoms with van der Waals surface area (Å²) in [6.45, 7) is 19.5. The minimum absolute atomic E-state index is 0.554. The van der Waals surface area contributed by atoms with Gasteiger partial charge in [-0.15, -0.1) is 0 Å². The Labute approximate surface area is 413 Å². The number of hydrogen-bond acceptors (Lipinski definition) is 3. The smallest absolute Gasteiger partial charge is 0.0463 e. The van der Waals surface area contributed by atoms with E-state index in [2.05, 4.69) is 267 Å². The Kier molecular flexibility index (Phi) is 19.1. The molecule has 8 aromatic carbocycles. The highest BCUT2D eigenvalue weighted by Crippen LogP contribution is 2.40. The molecule has 1 unspecified atom stereocenters. The van der Waals surface area contributed by atoms with Gasteiger partial charge in [0.15, 0.2) is 0 Å². The number of benzene rings is 8. The van der Waals surface area contributed by atoms with Gasteiger partial charge in [-0.3, -0.25) is 0 Å². The molecule has 0 amide bonds. The van der Waals surface area contributed by atoms with Gasteiger partial charge in [-0.25, -0.2) is 0 Å². The van der Waals surface area contributed by atoms with Crippen molar-refractivity contribution in [2.75, 3.05) is 14.7 Å². The molecular formula is C66H67N3. The first-order valence-electron chi connectivity index (χ1n) is 24.1. The summed E-state index contributed by atoms with van der Waals surface area (Å²) in [4.78, 5) is 6.97. The van der Waals surface area contributed by atoms with Crippen LogP contribution in [0, 0.1) is 19.8 Å². The lowest BCUT2D eigenvalue weighted by Gasteiger charge is -2.30. The largest absolute Gasteiger partial charge is 0.311 e. The van der Waals surface area contributed by atoms with Gasteiger partial charge in [-0.1, -0.05) is 202 Å². The monoisotopic (exact) mass is 902 g/mol. The first kappa shape index (κ1) is 50.3. The molecule has 0 heterocycles. The summed E-state index contributed by atoms with van der Waals surface area (Å²) in [7, 11) is 0. The molecular weight excluding hydrogens is 835 g/mol. The van der Waals surface area contributed by atoms with Crippen LogP contribution < -0.4 is 14.7 Å². The Balaban J connectivity index is 0.000000420. The van der Waals surface area contributed by atoms with E-state index < -0.39 is 0 Å². The van der Waals surface area contributed by atoms with Crippen LogP contribution >= 0.6 is 0 Å². The number of anilines is 8. The number of para-hydroxylation sites is 3. The number of nitrogens with zero attached hydrogens (tertiary/aromatic N) is 3. The van der Waals surface area contributed by atoms with Crippen LogP contribution in [0.2, 0.25) is 0 Å². The maximum atomic E-state index is 3.56. The zero-order valence-electron chi connectivity index (χ0n) is 41.3. The second-order valence-electron chi connectivity index (χ2n) is 16.7. The standard InChI is InChI=1S/C50H43N3.C7H8.C7H10.C2H6/c1-38-18-26-45(27-19-38)51(42-12-6-3-7-13-42)47-30-22-40(23-31-47)41-24-32-48(33-25-41)53(44-16-10-5-11-17-44)50-36-34-49(35-37-50)52(43-14-8-4-9-15-43)46-28-20-39(2)21-29-46;1-7-5-3-2-4-6-7;1-4-6-7(3)5-2;1-2/h3-20,22-37,39H,21H2,1-2H3;2-6H,1H3;4-6H,1-2H2,3H3;1-2H3/b;;7-6-;. The van der Waals surface area contributed by atoms with E-state index in [1.807, 2.05) is 45.0 Å². The quantitative estimate of drug-likeness (QED) is 0.113. The summed E-state index contributed by atoms with van der Waals surface area (Å²) in [5.74, 6) is 0.554. The molecule has 0 saturated carbocycles. The molecule has 0 radical (unpaired) electrons. The minimum atomic E-state index is 0.554. The fourth-order valence-electron chi connectivity index (χ4n) is 7.79. The zero-order valence-corrected chi connectivity index (χ0v) is 41.3. The Hall–Kier alpha value is -8.14. The molecule has 3 nitrogen and oxygen atoms in total. The van der Waals surface area contributed by atoms with Gasteiger partial charge in [-0.05, 0) is 147 Å². The predicted molar refractivity (Wildman–Crippen MR) is 302 cm³/mol. The van der Waals surface area contributed by atoms with E-state index in [0.29, 0.717) is 5.92 Å². The van der Waals surface area contributed by atoms with E-state index in [4.69, 9.17) is 0 Å². The molecule has 0 aliphatic heterocycles. The molecule has 1 aliphatic carbocycles. The van der Waals surface area contributed by atoms with Crippen molar-refractivity contribution in [3.05, 3.63) is 290 Å². The number of allylic oxidation sites excluding steroid dienone is 7. The maximum Gasteiger partial charge on any atom is 0.0463 e. The van der Waals surface area contributed by atoms with Crippen LogP contribution in [-0.2, 0) is 0 Å². The normalized spacial score (nSPS) is 12.5. The molecule has 1 aliphatic rings. The minimum Gasteiger partial charge on any atom is -0.311 e. The summed E-state index contributed by atoms with van der Waals surface area (Å²) in [5, 5.41) is 0. The summed E-state index contributed by atoms with van der Waals surface area (Å²) < 4.78 is 0. The van der Waals surface area contributed by atoms with Crippen LogP contribution in [0.1, 0.15) is 45.2 Å². The molecule has 0 saturated heterocycles. The lowest BCUT2D eigenvalue weighted by Crippen LogP contribution is -2.17. The average molecular weight is 902 g/mol. The summed E-state index contributed by atoms with van der Waals surface area (Å²) >= 11 is 0. The lowest BCUT2D eigenvalue weighted by molar-refractivity contribution is 0.728. The number of aryl methyl sites for hydroxylation is 2. The van der Waals surface area contributed by atoms with Crippen LogP contribution in [0.5, 0.6) is 0 Å². The first-order chi connectivity index (χ1) is 33.8. The molecule has 8 aromatic rings. The summed E-state index contributed by atoms with van der Waals surface area (Å²) in [5.41, 5.74) is 16.3. The molecule has 9 rings (SSSR count). The van der Waals surface area contributed by atoms with Gasteiger partial charge in [0.05, 0.1) is 0 Å². The third-order valence-corrected chi connectivity index (χ3v) is 11.5. The number of hydrogen-bond donors (Lipinski definition) is 0. The highest BCUT2D eigenvalue weighted by molar-refractivity contribution is 5.82. The van der Waals surface area contributed by atoms with Gasteiger partial charge >= 0.3 is 0 Å². The molecule has 0 spiro atoms. The highest BCUT2D eigenvalue weighted by atomic mass is 15.2. The summed E-state index contributed by atoms with van der Waals surface area (Å²) in [6.07, 6.45) is 13.4. The van der Waals surface area contributed by atoms with Crippen molar-refractivity contribution < 1.29 is 0 Å². The Morgan fingerprint density at radius 2 is 0.754 bits per heavy atom. The molecule has 69 heavy (non-hydrogen) atoms. The van der Waals surface area contributed by atoms with Crippen LogP contribution in [-0.4, -0.2) is 0 Å². The van der Waals surface area contributed by atoms with Gasteiger partial charge in [0.2, 0.25) is 0 Å². The topological polar surface area (TPSA) is 9.72 Å². The molecule has 346 valence electrons. The van der Waals surface area contributed by atoms with Crippen molar-refractivity contribution >= 4 is 45.5 Å². The fourth-order valence-corrected chi connectivity index (χ4v) is 7.79. The van der Waals surface area contributed by atoms with Crippen LogP contribution in [0.15, 0.2) is 279 Å². The van der Waals surface area contributed by atoms with E-state index in [0.717, 1.165) is 57.5 Å². The molecule has 0 N–H and O–H groups in total. The van der Waals surface area contributed by atoms with Gasteiger partial charge in [0.1, 0.15) is 0 Å². The van der Waals surface area contributed by atoms with E-state index in [1.165, 1.54) is 28.0 Å². The second kappa shape index (κ2) is 26.3. The first-order valence-corrected chi connectivity index (χ1v) is 24.1. The maximum absolute atomic E-state index is 3.56. The van der Waals surface area contributed by atoms with Gasteiger partial charge < -0.3 is 14.7 Å². The van der Waals surface area contributed by atoms with Gasteiger partial charge in [-0.2, -0.15) is 0 Å². The van der Waals surface area contributed by atoms with Crippen LogP contribution in [0.4, 0.5) is 45.5 Å². The molecule has 0 aromatic heterocycles. The fraction of sp³-hybridized carbons (Fsp3) is 0.121. The average Bonchev–Trinajstić information content (AvgIpc) is 3.41. The summed E-state index contributed by atoms with van der Waals surface area (Å²) in [6, 6.07) is 77.5. The van der Waals surface area contributed by atoms with Gasteiger partial charge in [0.25, 0.3) is 0 Å². The molecule has 1 atom stereocenters. The van der Waals surface area contributed by atoms with Crippen molar-refractivity contribution in [1.29, 1.82) is 0 Å². The van der Waals surface area contributed by atoms with E-state index in [1.54, 1.807) is 12.2 Å². The molecule has 3 heteroatoms. The Bertz CT molecular complexity index is 2840. The van der Waals surface area contributed by atoms with Crippen LogP contribution in [0.3, 0.4) is 0 Å². The van der Waals surface area contributed by atoms with E-state index >= 15 is 0 Å². The SMILES string of the molecule is C=C/C=C(/C)C=C.CC.Cc1ccc(N(c2ccccc2)c2ccc(-c3ccc(N(c4ccccc4)c4ccc(N(C5=CCC(C)C=C5)c5ccccc5)cc4)cc3)cc2)cc1.Cc1ccccc1. The molecule has 0 bridgehead atoms. The molecule has 0 fully saturated rings. The van der Waals surface area contributed by atoms with Crippen molar-refractivity contribution in [2.45, 2.75) is 48.0 Å². The Morgan fingerprint density at radius 1 is 0.435 bits per heavy atom. The van der Waals surface area contributed by atoms with Gasteiger partial charge in [0, 0.05) is 51.2 Å². The lowest BCUT2D eigenvalue weighted by atomic mass is 10.0. The Morgan fingerprint density at radius 3 is 1.07 bits per heavy atom. The van der Waals surface area contributed by atoms with Crippen molar-refractivity contribution in [1.82, 2.24) is 0 Å². The zero-order chi connectivity index (χ0) is 48.8. The third-order valence-electron chi connectivity index (χ3n) is 11.5. The third kappa shape index (κ3) is 14.2. The van der Waals surface area contributed by atoms with E-state index in [9.17, 15) is 0 Å². The number of rotatable bonds is 12. The highest BCUT2D eigenvalue weighted by Gasteiger charge is 2.18. The van der Waals surface area contributed by atoms with Crippen LogP contribution in [0.25, 0.3) is 11.1 Å². The van der Waals surface area contributed by atoms with Crippen molar-refractivity contribution in [3.8, 4) is 11.1 Å². The van der Waals surface area contributed by atoms with Crippen molar-refractivity contribution in [3.63, 3.8) is 0 Å². The predicted octanol–water partition coefficient (Wildman–Crippen LogP) is 19.5. The second-order valence-corrected chi connectivity index (χ2v) is 16.7. The van der Waals surface area contributed by atoms with Crippen molar-refractivity contribution in [2.24, 2.45) is 5.92 Å². The van der Waals surface area contributed by atoms with E-state index in [-0.39, 0.29) is 0 Å².